The molecule has 0 aliphatic heterocycles. The van der Waals surface area contributed by atoms with E-state index < -0.39 is 0 Å². The molecule has 0 saturated carbocycles. The van der Waals surface area contributed by atoms with Crippen LogP contribution in [0, 0.1) is 0 Å². The lowest BCUT2D eigenvalue weighted by molar-refractivity contribution is -0.143. The van der Waals surface area contributed by atoms with E-state index in [2.05, 4.69) is 4.98 Å². The fourth-order valence-corrected chi connectivity index (χ4v) is 0.918. The molecule has 0 radical (unpaired) electrons. The van der Waals surface area contributed by atoms with Gasteiger partial charge in [0.2, 0.25) is 0 Å². The van der Waals surface area contributed by atoms with Crippen LogP contribution in [0.2, 0.25) is 0 Å². The highest BCUT2D eigenvalue weighted by atomic mass is 16.5. The van der Waals surface area contributed by atoms with Gasteiger partial charge in [0.25, 0.3) is 0 Å². The summed E-state index contributed by atoms with van der Waals surface area (Å²) in [5.74, 6) is -0.157. The van der Waals surface area contributed by atoms with Gasteiger partial charge in [-0.3, -0.25) is 9.78 Å². The number of carbonyl (C=O) groups excluding carboxylic acids is 1. The van der Waals surface area contributed by atoms with Crippen molar-refractivity contribution in [3.05, 3.63) is 30.1 Å². The van der Waals surface area contributed by atoms with Crippen molar-refractivity contribution in [3.63, 3.8) is 0 Å². The molecule has 0 fully saturated rings. The number of hydrogen-bond acceptors (Lipinski definition) is 3. The predicted octanol–water partition coefficient (Wildman–Crippen LogP) is 1.58. The molecule has 0 aliphatic carbocycles. The maximum absolute atomic E-state index is 10.8. The van der Waals surface area contributed by atoms with Crippen molar-refractivity contribution in [3.8, 4) is 0 Å². The smallest absolute Gasteiger partial charge is 0.305 e. The summed E-state index contributed by atoms with van der Waals surface area (Å²) in [6.07, 6.45) is 2.85. The first-order chi connectivity index (χ1) is 6.33. The Hall–Kier alpha value is -1.38. The first-order valence-electron chi connectivity index (χ1n) is 4.38. The molecule has 3 nitrogen and oxygen atoms in total. The van der Waals surface area contributed by atoms with E-state index in [0.717, 1.165) is 5.69 Å². The fourth-order valence-electron chi connectivity index (χ4n) is 0.918. The number of aromatic nitrogens is 1. The molecule has 0 bridgehead atoms. The second kappa shape index (κ2) is 5.30. The van der Waals surface area contributed by atoms with Crippen LogP contribution >= 0.6 is 0 Å². The number of rotatable bonds is 4. The second-order valence-corrected chi connectivity index (χ2v) is 2.65. The van der Waals surface area contributed by atoms with Gasteiger partial charge in [-0.1, -0.05) is 13.0 Å². The summed E-state index contributed by atoms with van der Waals surface area (Å²) >= 11 is 0. The molecule has 0 amide bonds. The summed E-state index contributed by atoms with van der Waals surface area (Å²) in [4.78, 5) is 14.9. The third kappa shape index (κ3) is 3.69. The number of nitrogens with zero attached hydrogens (tertiary/aromatic N) is 1. The highest BCUT2D eigenvalue weighted by Gasteiger charge is 1.98. The van der Waals surface area contributed by atoms with E-state index in [9.17, 15) is 4.79 Å². The summed E-state index contributed by atoms with van der Waals surface area (Å²) in [5, 5.41) is 0. The van der Waals surface area contributed by atoms with Crippen LogP contribution in [0.1, 0.15) is 19.0 Å². The maximum Gasteiger partial charge on any atom is 0.305 e. The largest absolute Gasteiger partial charge is 0.465 e. The molecule has 0 atom stereocenters. The highest BCUT2D eigenvalue weighted by molar-refractivity contribution is 5.68. The lowest BCUT2D eigenvalue weighted by Crippen LogP contribution is -2.06. The number of hydrogen-bond donors (Lipinski definition) is 0. The zero-order valence-electron chi connectivity index (χ0n) is 7.69. The zero-order valence-corrected chi connectivity index (χ0v) is 7.69. The van der Waals surface area contributed by atoms with Crippen LogP contribution in [0.4, 0.5) is 0 Å². The van der Waals surface area contributed by atoms with Crippen LogP contribution in [-0.2, 0) is 16.0 Å². The molecule has 13 heavy (non-hydrogen) atoms. The second-order valence-electron chi connectivity index (χ2n) is 2.65. The third-order valence-electron chi connectivity index (χ3n) is 1.64. The number of ether oxygens (including phenoxy) is 1. The summed E-state index contributed by atoms with van der Waals surface area (Å²) in [6, 6.07) is 5.70. The minimum Gasteiger partial charge on any atom is -0.465 e. The van der Waals surface area contributed by atoms with Crippen LogP contribution in [0.25, 0.3) is 0 Å². The highest BCUT2D eigenvalue weighted by Crippen LogP contribution is 1.95. The molecule has 0 spiro atoms. The number of pyridine rings is 1. The Balaban J connectivity index is 2.24. The van der Waals surface area contributed by atoms with E-state index in [1.54, 1.807) is 13.1 Å². The molecular formula is C10H13NO2. The van der Waals surface area contributed by atoms with Gasteiger partial charge in [-0.15, -0.1) is 0 Å². The topological polar surface area (TPSA) is 39.2 Å². The van der Waals surface area contributed by atoms with Crippen molar-refractivity contribution in [1.29, 1.82) is 0 Å². The van der Waals surface area contributed by atoms with E-state index >= 15 is 0 Å². The van der Waals surface area contributed by atoms with Crippen LogP contribution in [0.3, 0.4) is 0 Å². The normalized spacial score (nSPS) is 9.62. The van der Waals surface area contributed by atoms with Crippen LogP contribution in [0.5, 0.6) is 0 Å². The van der Waals surface area contributed by atoms with Gasteiger partial charge in [0.1, 0.15) is 0 Å². The van der Waals surface area contributed by atoms with Crippen molar-refractivity contribution in [2.75, 3.05) is 6.61 Å². The van der Waals surface area contributed by atoms with E-state index in [1.165, 1.54) is 0 Å². The minimum atomic E-state index is -0.157. The minimum absolute atomic E-state index is 0.157. The lowest BCUT2D eigenvalue weighted by Gasteiger charge is -2.01. The zero-order chi connectivity index (χ0) is 9.52. The molecule has 70 valence electrons. The van der Waals surface area contributed by atoms with Crippen molar-refractivity contribution >= 4 is 5.97 Å². The Morgan fingerprint density at radius 3 is 3.00 bits per heavy atom. The summed E-state index contributed by atoms with van der Waals surface area (Å²) in [7, 11) is 0. The van der Waals surface area contributed by atoms with E-state index in [0.29, 0.717) is 19.4 Å². The summed E-state index contributed by atoms with van der Waals surface area (Å²) in [6.45, 7) is 2.20. The maximum atomic E-state index is 10.8. The van der Waals surface area contributed by atoms with Gasteiger partial charge in [0.05, 0.1) is 6.61 Å². The first-order valence-corrected chi connectivity index (χ1v) is 4.38. The molecule has 0 aliphatic rings. The standard InChI is InChI=1S/C10H13NO2/c1-2-10(12)13-8-6-9-5-3-4-7-11-9/h3-5,7H,2,6,8H2,1H3. The molecular weight excluding hydrogens is 166 g/mol. The predicted molar refractivity (Wildman–Crippen MR) is 49.2 cm³/mol. The SMILES string of the molecule is CCC(=O)OCCc1ccccn1. The van der Waals surface area contributed by atoms with Gasteiger partial charge in [-0.25, -0.2) is 0 Å². The van der Waals surface area contributed by atoms with Crippen LogP contribution in [0.15, 0.2) is 24.4 Å². The van der Waals surface area contributed by atoms with Crippen molar-refractivity contribution in [2.45, 2.75) is 19.8 Å². The number of carbonyl (C=O) groups is 1. The van der Waals surface area contributed by atoms with Crippen molar-refractivity contribution in [2.24, 2.45) is 0 Å². The Bertz CT molecular complexity index is 259. The fraction of sp³-hybridized carbons (Fsp3) is 0.400. The van der Waals surface area contributed by atoms with Crippen molar-refractivity contribution in [1.82, 2.24) is 4.98 Å². The molecule has 0 N–H and O–H groups in total. The Morgan fingerprint density at radius 1 is 1.54 bits per heavy atom. The molecule has 1 aromatic heterocycles. The van der Waals surface area contributed by atoms with Crippen LogP contribution in [-0.4, -0.2) is 17.6 Å². The Kier molecular flexibility index (Phi) is 3.96. The molecule has 0 aromatic carbocycles. The molecule has 1 aromatic rings. The van der Waals surface area contributed by atoms with Gasteiger partial charge in [0, 0.05) is 24.7 Å². The molecule has 0 unspecified atom stereocenters. The summed E-state index contributed by atoms with van der Waals surface area (Å²) < 4.78 is 4.92. The Labute approximate surface area is 77.8 Å². The quantitative estimate of drug-likeness (QED) is 0.659. The molecule has 3 heteroatoms. The monoisotopic (exact) mass is 179 g/mol. The summed E-state index contributed by atoms with van der Waals surface area (Å²) in [5.41, 5.74) is 0.950. The first kappa shape index (κ1) is 9.71. The van der Waals surface area contributed by atoms with E-state index in [4.69, 9.17) is 4.74 Å². The van der Waals surface area contributed by atoms with Gasteiger partial charge >= 0.3 is 5.97 Å². The number of esters is 1. The molecule has 1 heterocycles. The molecule has 1 rings (SSSR count). The van der Waals surface area contributed by atoms with Crippen molar-refractivity contribution < 1.29 is 9.53 Å². The van der Waals surface area contributed by atoms with Gasteiger partial charge in [-0.05, 0) is 12.1 Å². The lowest BCUT2D eigenvalue weighted by atomic mass is 10.3. The third-order valence-corrected chi connectivity index (χ3v) is 1.64. The average Bonchev–Trinajstić information content (AvgIpc) is 2.19. The van der Waals surface area contributed by atoms with E-state index in [1.807, 2.05) is 18.2 Å². The van der Waals surface area contributed by atoms with Crippen LogP contribution < -0.4 is 0 Å². The average molecular weight is 179 g/mol. The van der Waals surface area contributed by atoms with E-state index in [-0.39, 0.29) is 5.97 Å². The Morgan fingerprint density at radius 2 is 2.38 bits per heavy atom. The van der Waals surface area contributed by atoms with Gasteiger partial charge in [-0.2, -0.15) is 0 Å². The van der Waals surface area contributed by atoms with Gasteiger partial charge in [0.15, 0.2) is 0 Å². The molecule has 0 saturated heterocycles. The van der Waals surface area contributed by atoms with Gasteiger partial charge < -0.3 is 4.74 Å².